The predicted molar refractivity (Wildman–Crippen MR) is 77.6 cm³/mol. The maximum Gasteiger partial charge on any atom is 0.471 e. The van der Waals surface area contributed by atoms with Gasteiger partial charge in [0.05, 0.1) is 12.8 Å². The Bertz CT molecular complexity index is 727. The SMILES string of the molecule is COc1cccc(C(=O)c2ccccc2)c1NC(=O)C(F)(F)F. The highest BCUT2D eigenvalue weighted by Gasteiger charge is 2.39. The van der Waals surface area contributed by atoms with E-state index in [0.29, 0.717) is 0 Å². The molecule has 120 valence electrons. The van der Waals surface area contributed by atoms with E-state index in [1.165, 1.54) is 37.4 Å². The standard InChI is InChI=1S/C16H12F3NO3/c1-23-12-9-5-8-11(13(12)20-15(22)16(17,18)19)14(21)10-6-3-2-4-7-10/h2-9H,1H3,(H,20,22). The number of amides is 1. The molecule has 0 saturated carbocycles. The van der Waals surface area contributed by atoms with Crippen molar-refractivity contribution in [1.82, 2.24) is 0 Å². The molecule has 0 aliphatic carbocycles. The molecule has 0 saturated heterocycles. The summed E-state index contributed by atoms with van der Waals surface area (Å²) in [6, 6.07) is 12.1. The molecular weight excluding hydrogens is 311 g/mol. The van der Waals surface area contributed by atoms with Gasteiger partial charge in [-0.25, -0.2) is 0 Å². The normalized spacial score (nSPS) is 11.0. The van der Waals surface area contributed by atoms with Gasteiger partial charge in [-0.05, 0) is 12.1 Å². The lowest BCUT2D eigenvalue weighted by Crippen LogP contribution is -2.30. The van der Waals surface area contributed by atoms with Crippen molar-refractivity contribution in [2.45, 2.75) is 6.18 Å². The van der Waals surface area contributed by atoms with Gasteiger partial charge in [-0.15, -0.1) is 0 Å². The lowest BCUT2D eigenvalue weighted by Gasteiger charge is -2.15. The number of benzene rings is 2. The quantitative estimate of drug-likeness (QED) is 0.877. The number of anilines is 1. The second-order valence-corrected chi connectivity index (χ2v) is 4.53. The topological polar surface area (TPSA) is 55.4 Å². The van der Waals surface area contributed by atoms with Crippen LogP contribution >= 0.6 is 0 Å². The molecule has 1 amide bonds. The fourth-order valence-electron chi connectivity index (χ4n) is 1.95. The summed E-state index contributed by atoms with van der Waals surface area (Å²) in [6.45, 7) is 0. The number of carbonyl (C=O) groups is 2. The Kier molecular flexibility index (Phi) is 4.68. The highest BCUT2D eigenvalue weighted by molar-refractivity contribution is 6.15. The van der Waals surface area contributed by atoms with Crippen LogP contribution in [-0.4, -0.2) is 25.0 Å². The summed E-state index contributed by atoms with van der Waals surface area (Å²) >= 11 is 0. The van der Waals surface area contributed by atoms with Crippen LogP contribution in [0, 0.1) is 0 Å². The number of ether oxygens (including phenoxy) is 1. The zero-order chi connectivity index (χ0) is 17.0. The van der Waals surface area contributed by atoms with Crippen molar-refractivity contribution in [3.05, 3.63) is 59.7 Å². The predicted octanol–water partition coefficient (Wildman–Crippen LogP) is 3.43. The van der Waals surface area contributed by atoms with Gasteiger partial charge in [0.2, 0.25) is 0 Å². The van der Waals surface area contributed by atoms with E-state index in [0.717, 1.165) is 0 Å². The molecule has 7 heteroatoms. The Hall–Kier alpha value is -2.83. The molecule has 0 spiro atoms. The van der Waals surface area contributed by atoms with E-state index in [1.807, 2.05) is 0 Å². The molecular formula is C16H12F3NO3. The molecule has 0 aromatic heterocycles. The smallest absolute Gasteiger partial charge is 0.471 e. The Balaban J connectivity index is 2.48. The molecule has 0 aliphatic rings. The fraction of sp³-hybridized carbons (Fsp3) is 0.125. The van der Waals surface area contributed by atoms with Crippen LogP contribution in [0.1, 0.15) is 15.9 Å². The zero-order valence-electron chi connectivity index (χ0n) is 12.0. The van der Waals surface area contributed by atoms with Crippen molar-refractivity contribution in [3.8, 4) is 5.75 Å². The molecule has 0 unspecified atom stereocenters. The van der Waals surface area contributed by atoms with Gasteiger partial charge in [0.25, 0.3) is 0 Å². The second-order valence-electron chi connectivity index (χ2n) is 4.53. The van der Waals surface area contributed by atoms with Crippen molar-refractivity contribution < 1.29 is 27.5 Å². The first-order valence-electron chi connectivity index (χ1n) is 6.49. The maximum absolute atomic E-state index is 12.5. The maximum atomic E-state index is 12.5. The first-order chi connectivity index (χ1) is 10.8. The number of carbonyl (C=O) groups excluding carboxylic acids is 2. The summed E-state index contributed by atoms with van der Waals surface area (Å²) in [4.78, 5) is 23.7. The van der Waals surface area contributed by atoms with E-state index in [4.69, 9.17) is 4.74 Å². The number of hydrogen-bond acceptors (Lipinski definition) is 3. The molecule has 0 atom stereocenters. The number of halogens is 3. The molecule has 0 bridgehead atoms. The number of rotatable bonds is 4. The van der Waals surface area contributed by atoms with E-state index in [9.17, 15) is 22.8 Å². The van der Waals surface area contributed by atoms with Crippen molar-refractivity contribution in [2.75, 3.05) is 12.4 Å². The first-order valence-corrected chi connectivity index (χ1v) is 6.49. The zero-order valence-corrected chi connectivity index (χ0v) is 12.0. The van der Waals surface area contributed by atoms with Gasteiger partial charge >= 0.3 is 12.1 Å². The van der Waals surface area contributed by atoms with E-state index in [1.54, 1.807) is 23.5 Å². The highest BCUT2D eigenvalue weighted by atomic mass is 19.4. The van der Waals surface area contributed by atoms with Gasteiger partial charge in [0.1, 0.15) is 5.75 Å². The number of hydrogen-bond donors (Lipinski definition) is 1. The summed E-state index contributed by atoms with van der Waals surface area (Å²) in [7, 11) is 1.23. The van der Waals surface area contributed by atoms with Crippen molar-refractivity contribution in [2.24, 2.45) is 0 Å². The van der Waals surface area contributed by atoms with Gasteiger partial charge in [-0.2, -0.15) is 13.2 Å². The largest absolute Gasteiger partial charge is 0.495 e. The van der Waals surface area contributed by atoms with Gasteiger partial charge in [-0.1, -0.05) is 36.4 Å². The van der Waals surface area contributed by atoms with Crippen LogP contribution in [0.2, 0.25) is 0 Å². The molecule has 2 aromatic carbocycles. The molecule has 0 radical (unpaired) electrons. The number of methoxy groups -OCH3 is 1. The molecule has 1 N–H and O–H groups in total. The van der Waals surface area contributed by atoms with Crippen molar-refractivity contribution in [1.29, 1.82) is 0 Å². The molecule has 0 heterocycles. The summed E-state index contributed by atoms with van der Waals surface area (Å²) < 4.78 is 42.4. The summed E-state index contributed by atoms with van der Waals surface area (Å²) in [5, 5.41) is 1.71. The van der Waals surface area contributed by atoms with E-state index >= 15 is 0 Å². The average Bonchev–Trinajstić information content (AvgIpc) is 2.54. The van der Waals surface area contributed by atoms with E-state index < -0.39 is 17.9 Å². The minimum atomic E-state index is -5.08. The van der Waals surface area contributed by atoms with Gasteiger partial charge in [-0.3, -0.25) is 9.59 Å². The van der Waals surface area contributed by atoms with Crippen LogP contribution in [0.15, 0.2) is 48.5 Å². The Morgan fingerprint density at radius 1 is 1.00 bits per heavy atom. The fourth-order valence-corrected chi connectivity index (χ4v) is 1.95. The molecule has 4 nitrogen and oxygen atoms in total. The summed E-state index contributed by atoms with van der Waals surface area (Å²) in [6.07, 6.45) is -5.08. The lowest BCUT2D eigenvalue weighted by atomic mass is 10.0. The Morgan fingerprint density at radius 2 is 1.65 bits per heavy atom. The third-order valence-electron chi connectivity index (χ3n) is 3.02. The minimum Gasteiger partial charge on any atom is -0.495 e. The highest BCUT2D eigenvalue weighted by Crippen LogP contribution is 2.31. The molecule has 2 aromatic rings. The lowest BCUT2D eigenvalue weighted by molar-refractivity contribution is -0.167. The monoisotopic (exact) mass is 323 g/mol. The van der Waals surface area contributed by atoms with Gasteiger partial charge in [0.15, 0.2) is 5.78 Å². The van der Waals surface area contributed by atoms with Crippen LogP contribution in [0.5, 0.6) is 5.75 Å². The summed E-state index contributed by atoms with van der Waals surface area (Å²) in [5.74, 6) is -2.74. The number of alkyl halides is 3. The van der Waals surface area contributed by atoms with Crippen LogP contribution in [0.4, 0.5) is 18.9 Å². The number of para-hydroxylation sites is 1. The first kappa shape index (κ1) is 16.5. The van der Waals surface area contributed by atoms with E-state index in [-0.39, 0.29) is 22.6 Å². The minimum absolute atomic E-state index is 0.0376. The van der Waals surface area contributed by atoms with Gasteiger partial charge < -0.3 is 10.1 Å². The second kappa shape index (κ2) is 6.51. The van der Waals surface area contributed by atoms with Crippen LogP contribution < -0.4 is 10.1 Å². The van der Waals surface area contributed by atoms with Crippen molar-refractivity contribution in [3.63, 3.8) is 0 Å². The third kappa shape index (κ3) is 3.68. The molecule has 0 fully saturated rings. The number of nitrogens with one attached hydrogen (secondary N) is 1. The van der Waals surface area contributed by atoms with E-state index in [2.05, 4.69) is 0 Å². The third-order valence-corrected chi connectivity index (χ3v) is 3.02. The van der Waals surface area contributed by atoms with Crippen LogP contribution in [0.3, 0.4) is 0 Å². The Morgan fingerprint density at radius 3 is 2.22 bits per heavy atom. The average molecular weight is 323 g/mol. The van der Waals surface area contributed by atoms with Crippen LogP contribution in [-0.2, 0) is 4.79 Å². The molecule has 23 heavy (non-hydrogen) atoms. The summed E-state index contributed by atoms with van der Waals surface area (Å²) in [5.41, 5.74) is -0.123. The van der Waals surface area contributed by atoms with Crippen molar-refractivity contribution >= 4 is 17.4 Å². The van der Waals surface area contributed by atoms with Crippen LogP contribution in [0.25, 0.3) is 0 Å². The molecule has 2 rings (SSSR count). The Labute approximate surface area is 129 Å². The molecule has 0 aliphatic heterocycles. The number of ketones is 1. The van der Waals surface area contributed by atoms with Gasteiger partial charge in [0, 0.05) is 11.1 Å².